The number of nitrogens with two attached hydrogens (primary N) is 1. The molecule has 0 saturated heterocycles. The molecule has 1 aliphatic heterocycles. The Labute approximate surface area is 109 Å². The van der Waals surface area contributed by atoms with Crippen LogP contribution in [0.2, 0.25) is 0 Å². The Bertz CT molecular complexity index is 533. The first-order valence-corrected chi connectivity index (χ1v) is 5.42. The van der Waals surface area contributed by atoms with E-state index in [1.165, 1.54) is 14.2 Å². The summed E-state index contributed by atoms with van der Waals surface area (Å²) in [5, 5.41) is 0. The summed E-state index contributed by atoms with van der Waals surface area (Å²) < 4.78 is 9.93. The van der Waals surface area contributed by atoms with Crippen molar-refractivity contribution in [2.45, 2.75) is 0 Å². The fraction of sp³-hybridized carbons (Fsp3) is 0.273. The van der Waals surface area contributed by atoms with E-state index in [1.54, 1.807) is 23.3 Å². The van der Waals surface area contributed by atoms with Crippen LogP contribution in [0.1, 0.15) is 0 Å². The van der Waals surface area contributed by atoms with Crippen LogP contribution in [0.5, 0.6) is 12.0 Å². The molecule has 0 bridgehead atoms. The van der Waals surface area contributed by atoms with Gasteiger partial charge in [-0.25, -0.2) is 0 Å². The van der Waals surface area contributed by atoms with Crippen LogP contribution in [0.3, 0.4) is 0 Å². The zero-order chi connectivity index (χ0) is 13.8. The van der Waals surface area contributed by atoms with Gasteiger partial charge in [-0.2, -0.15) is 9.97 Å². The van der Waals surface area contributed by atoms with E-state index in [-0.39, 0.29) is 18.6 Å². The van der Waals surface area contributed by atoms with E-state index < -0.39 is 5.91 Å². The minimum absolute atomic E-state index is 0.130. The number of allylic oxidation sites excluding steroid dienone is 2. The fourth-order valence-electron chi connectivity index (χ4n) is 1.49. The van der Waals surface area contributed by atoms with Crippen molar-refractivity contribution in [3.63, 3.8) is 0 Å². The zero-order valence-corrected chi connectivity index (χ0v) is 10.5. The summed E-state index contributed by atoms with van der Waals surface area (Å²) >= 11 is 0. The number of ether oxygens (including phenoxy) is 2. The number of hydrogen-bond donors (Lipinski definition) is 1. The minimum Gasteiger partial charge on any atom is -0.467 e. The van der Waals surface area contributed by atoms with Crippen LogP contribution in [0.4, 0.5) is 5.95 Å². The van der Waals surface area contributed by atoms with Crippen LogP contribution in [-0.2, 0) is 4.79 Å². The molecule has 1 amide bonds. The monoisotopic (exact) mass is 263 g/mol. The molecule has 0 aliphatic carbocycles. The first kappa shape index (κ1) is 12.8. The second kappa shape index (κ2) is 5.34. The third-order valence-corrected chi connectivity index (χ3v) is 2.43. The number of hydrogen-bond acceptors (Lipinski definition) is 7. The van der Waals surface area contributed by atoms with Crippen LogP contribution >= 0.6 is 0 Å². The largest absolute Gasteiger partial charge is 0.467 e. The summed E-state index contributed by atoms with van der Waals surface area (Å²) in [6, 6.07) is 0.260. The number of carbonyl (C=O) groups excluding carboxylic acids is 1. The number of anilines is 1. The molecule has 1 aliphatic rings. The molecular formula is C11H13N5O3. The van der Waals surface area contributed by atoms with Gasteiger partial charge in [0.2, 0.25) is 11.9 Å². The zero-order valence-electron chi connectivity index (χ0n) is 10.5. The van der Waals surface area contributed by atoms with Gasteiger partial charge in [0.05, 0.1) is 20.8 Å². The lowest BCUT2D eigenvalue weighted by molar-refractivity contribution is -0.114. The van der Waals surface area contributed by atoms with Gasteiger partial charge in [-0.15, -0.1) is 4.98 Å². The Morgan fingerprint density at radius 1 is 1.26 bits per heavy atom. The van der Waals surface area contributed by atoms with Gasteiger partial charge in [-0.3, -0.25) is 4.79 Å². The number of primary amides is 1. The van der Waals surface area contributed by atoms with E-state index in [0.29, 0.717) is 11.5 Å². The van der Waals surface area contributed by atoms with Crippen LogP contribution in [0.15, 0.2) is 23.9 Å². The van der Waals surface area contributed by atoms with Gasteiger partial charge in [0.15, 0.2) is 0 Å². The van der Waals surface area contributed by atoms with Crippen molar-refractivity contribution in [2.24, 2.45) is 5.73 Å². The molecule has 1 aromatic heterocycles. The number of carbonyl (C=O) groups is 1. The second-order valence-electron chi connectivity index (χ2n) is 3.63. The maximum absolute atomic E-state index is 11.2. The van der Waals surface area contributed by atoms with Gasteiger partial charge in [0.1, 0.15) is 0 Å². The van der Waals surface area contributed by atoms with Crippen LogP contribution in [0, 0.1) is 0 Å². The first-order chi connectivity index (χ1) is 9.13. The van der Waals surface area contributed by atoms with Gasteiger partial charge in [-0.05, 0) is 6.08 Å². The van der Waals surface area contributed by atoms with Gasteiger partial charge < -0.3 is 20.1 Å². The number of nitrogens with zero attached hydrogens (tertiary/aromatic N) is 4. The van der Waals surface area contributed by atoms with Crippen LogP contribution in [-0.4, -0.2) is 41.6 Å². The highest BCUT2D eigenvalue weighted by Gasteiger charge is 2.17. The molecule has 100 valence electrons. The van der Waals surface area contributed by atoms with Crippen molar-refractivity contribution in [3.05, 3.63) is 23.9 Å². The molecule has 8 nitrogen and oxygen atoms in total. The number of methoxy groups -OCH3 is 2. The van der Waals surface area contributed by atoms with Gasteiger partial charge >= 0.3 is 12.0 Å². The number of aromatic nitrogens is 3. The van der Waals surface area contributed by atoms with Crippen molar-refractivity contribution >= 4 is 11.9 Å². The minimum atomic E-state index is -0.484. The molecule has 0 spiro atoms. The fourth-order valence-corrected chi connectivity index (χ4v) is 1.49. The molecule has 0 saturated carbocycles. The lowest BCUT2D eigenvalue weighted by Crippen LogP contribution is -2.29. The topological polar surface area (TPSA) is 103 Å². The van der Waals surface area contributed by atoms with Crippen molar-refractivity contribution in [2.75, 3.05) is 25.7 Å². The molecule has 2 heterocycles. The highest BCUT2D eigenvalue weighted by molar-refractivity contribution is 5.93. The smallest absolute Gasteiger partial charge is 0.324 e. The number of rotatable bonds is 4. The molecule has 19 heavy (non-hydrogen) atoms. The molecule has 2 rings (SSSR count). The highest BCUT2D eigenvalue weighted by Crippen LogP contribution is 2.19. The average Bonchev–Trinajstić information content (AvgIpc) is 2.46. The maximum Gasteiger partial charge on any atom is 0.324 e. The van der Waals surface area contributed by atoms with Crippen molar-refractivity contribution in [3.8, 4) is 12.0 Å². The predicted octanol–water partition coefficient (Wildman–Crippen LogP) is -0.366. The van der Waals surface area contributed by atoms with E-state index >= 15 is 0 Å². The van der Waals surface area contributed by atoms with Crippen LogP contribution < -0.4 is 20.1 Å². The Kier molecular flexibility index (Phi) is 3.60. The van der Waals surface area contributed by atoms with Crippen molar-refractivity contribution in [1.82, 2.24) is 15.0 Å². The third-order valence-electron chi connectivity index (χ3n) is 2.43. The molecule has 2 N–H and O–H groups in total. The summed E-state index contributed by atoms with van der Waals surface area (Å²) in [5.41, 5.74) is 5.71. The standard InChI is InChI=1S/C11H13N5O3/c1-18-10-13-9(14-11(15-10)19-2)16-5-3-4-7(6-16)8(12)17/h3-5H,6H2,1-2H3,(H2,12,17). The third kappa shape index (κ3) is 2.79. The highest BCUT2D eigenvalue weighted by atomic mass is 16.5. The molecule has 0 atom stereocenters. The van der Waals surface area contributed by atoms with E-state index in [9.17, 15) is 4.79 Å². The Morgan fingerprint density at radius 3 is 2.42 bits per heavy atom. The summed E-state index contributed by atoms with van der Waals surface area (Å²) in [7, 11) is 2.89. The first-order valence-electron chi connectivity index (χ1n) is 5.42. The van der Waals surface area contributed by atoms with E-state index in [2.05, 4.69) is 15.0 Å². The molecule has 0 unspecified atom stereocenters. The molecule has 8 heteroatoms. The molecule has 0 radical (unpaired) electrons. The van der Waals surface area contributed by atoms with Gasteiger partial charge in [0, 0.05) is 11.8 Å². The van der Waals surface area contributed by atoms with Gasteiger partial charge in [0.25, 0.3) is 0 Å². The molecule has 0 aromatic carbocycles. The SMILES string of the molecule is COc1nc(OC)nc(N2C=CC=C(C(N)=O)C2)n1. The quantitative estimate of drug-likeness (QED) is 0.790. The van der Waals surface area contributed by atoms with E-state index in [0.717, 1.165) is 0 Å². The van der Waals surface area contributed by atoms with E-state index in [1.807, 2.05) is 0 Å². The Balaban J connectivity index is 2.30. The molecular weight excluding hydrogens is 250 g/mol. The molecule has 1 aromatic rings. The van der Waals surface area contributed by atoms with Crippen molar-refractivity contribution in [1.29, 1.82) is 0 Å². The Morgan fingerprint density at radius 2 is 1.89 bits per heavy atom. The summed E-state index contributed by atoms with van der Waals surface area (Å²) in [6.07, 6.45) is 5.06. The summed E-state index contributed by atoms with van der Waals surface area (Å²) in [5.74, 6) is -0.172. The summed E-state index contributed by atoms with van der Waals surface area (Å²) in [4.78, 5) is 24.9. The average molecular weight is 263 g/mol. The van der Waals surface area contributed by atoms with Crippen molar-refractivity contribution < 1.29 is 14.3 Å². The Hall–Kier alpha value is -2.64. The second-order valence-corrected chi connectivity index (χ2v) is 3.63. The van der Waals surface area contributed by atoms with Crippen LogP contribution in [0.25, 0.3) is 0 Å². The normalized spacial score (nSPS) is 14.0. The number of amides is 1. The van der Waals surface area contributed by atoms with E-state index in [4.69, 9.17) is 15.2 Å². The lowest BCUT2D eigenvalue weighted by Gasteiger charge is -2.21. The summed E-state index contributed by atoms with van der Waals surface area (Å²) in [6.45, 7) is 0.280. The predicted molar refractivity (Wildman–Crippen MR) is 66.7 cm³/mol. The molecule has 0 fully saturated rings. The maximum atomic E-state index is 11.2. The van der Waals surface area contributed by atoms with Gasteiger partial charge in [-0.1, -0.05) is 6.08 Å². The lowest BCUT2D eigenvalue weighted by atomic mass is 10.2.